The number of amides is 1. The molecule has 0 heterocycles. The van der Waals surface area contributed by atoms with Gasteiger partial charge in [0.15, 0.2) is 0 Å². The standard InChI is InChI=1S/C15H21NO4/c1-3-13(11-6-8-12(20-2)9-7-11)15(19)16-10-4-5-14(17)18/h6-9,13H,3-5,10H2,1-2H3,(H,16,19)(H,17,18). The number of nitrogens with one attached hydrogen (secondary N) is 1. The second-order valence-electron chi connectivity index (χ2n) is 4.52. The molecule has 0 aliphatic carbocycles. The Labute approximate surface area is 118 Å². The molecule has 0 bridgehead atoms. The van der Waals surface area contributed by atoms with Crippen LogP contribution in [0.4, 0.5) is 0 Å². The van der Waals surface area contributed by atoms with Gasteiger partial charge in [0.05, 0.1) is 13.0 Å². The summed E-state index contributed by atoms with van der Waals surface area (Å²) in [6, 6.07) is 7.42. The fraction of sp³-hybridized carbons (Fsp3) is 0.467. The number of hydrogen-bond donors (Lipinski definition) is 2. The number of hydrogen-bond acceptors (Lipinski definition) is 3. The van der Waals surface area contributed by atoms with Gasteiger partial charge in [-0.1, -0.05) is 19.1 Å². The number of aliphatic carboxylic acids is 1. The van der Waals surface area contributed by atoms with E-state index in [0.29, 0.717) is 19.4 Å². The molecule has 20 heavy (non-hydrogen) atoms. The Hall–Kier alpha value is -2.04. The van der Waals surface area contributed by atoms with Crippen LogP contribution in [0.2, 0.25) is 0 Å². The zero-order valence-corrected chi connectivity index (χ0v) is 11.9. The smallest absolute Gasteiger partial charge is 0.303 e. The number of carbonyl (C=O) groups is 2. The highest BCUT2D eigenvalue weighted by molar-refractivity contribution is 5.83. The van der Waals surface area contributed by atoms with Crippen molar-refractivity contribution >= 4 is 11.9 Å². The molecule has 0 radical (unpaired) electrons. The zero-order valence-electron chi connectivity index (χ0n) is 11.9. The maximum Gasteiger partial charge on any atom is 0.303 e. The molecule has 1 rings (SSSR count). The molecule has 5 heteroatoms. The molecule has 0 saturated carbocycles. The van der Waals surface area contributed by atoms with Gasteiger partial charge in [-0.3, -0.25) is 9.59 Å². The van der Waals surface area contributed by atoms with Crippen molar-refractivity contribution in [2.45, 2.75) is 32.1 Å². The average Bonchev–Trinajstić information content (AvgIpc) is 2.45. The molecule has 1 aromatic carbocycles. The van der Waals surface area contributed by atoms with Gasteiger partial charge in [0.2, 0.25) is 5.91 Å². The molecule has 0 fully saturated rings. The first-order valence-corrected chi connectivity index (χ1v) is 6.72. The lowest BCUT2D eigenvalue weighted by Gasteiger charge is -2.15. The minimum absolute atomic E-state index is 0.0666. The fourth-order valence-corrected chi connectivity index (χ4v) is 1.98. The van der Waals surface area contributed by atoms with Crippen molar-refractivity contribution < 1.29 is 19.4 Å². The van der Waals surface area contributed by atoms with Crippen LogP contribution in [-0.2, 0) is 9.59 Å². The molecule has 110 valence electrons. The summed E-state index contributed by atoms with van der Waals surface area (Å²) in [4.78, 5) is 22.5. The van der Waals surface area contributed by atoms with Crippen molar-refractivity contribution in [3.05, 3.63) is 29.8 Å². The van der Waals surface area contributed by atoms with Gasteiger partial charge in [-0.25, -0.2) is 0 Å². The first-order chi connectivity index (χ1) is 9.58. The summed E-state index contributed by atoms with van der Waals surface area (Å²) >= 11 is 0. The van der Waals surface area contributed by atoms with Crippen molar-refractivity contribution in [3.63, 3.8) is 0 Å². The number of benzene rings is 1. The van der Waals surface area contributed by atoms with Crippen molar-refractivity contribution in [2.75, 3.05) is 13.7 Å². The normalized spacial score (nSPS) is 11.7. The van der Waals surface area contributed by atoms with Gasteiger partial charge in [0, 0.05) is 13.0 Å². The van der Waals surface area contributed by atoms with Crippen LogP contribution in [0.5, 0.6) is 5.75 Å². The van der Waals surface area contributed by atoms with Crippen LogP contribution < -0.4 is 10.1 Å². The number of carbonyl (C=O) groups excluding carboxylic acids is 1. The van der Waals surface area contributed by atoms with E-state index in [2.05, 4.69) is 5.32 Å². The van der Waals surface area contributed by atoms with Crippen LogP contribution >= 0.6 is 0 Å². The molecule has 0 saturated heterocycles. The van der Waals surface area contributed by atoms with Crippen LogP contribution in [0.1, 0.15) is 37.7 Å². The van der Waals surface area contributed by atoms with Crippen molar-refractivity contribution in [1.29, 1.82) is 0 Å². The fourth-order valence-electron chi connectivity index (χ4n) is 1.98. The summed E-state index contributed by atoms with van der Waals surface area (Å²) in [5, 5.41) is 11.3. The highest BCUT2D eigenvalue weighted by Crippen LogP contribution is 2.22. The Morgan fingerprint density at radius 1 is 1.30 bits per heavy atom. The Kier molecular flexibility index (Phi) is 6.56. The number of carboxylic acids is 1. The second kappa shape index (κ2) is 8.19. The Bertz CT molecular complexity index is 442. The van der Waals surface area contributed by atoms with Gasteiger partial charge in [-0.05, 0) is 30.5 Å². The molecule has 0 aromatic heterocycles. The van der Waals surface area contributed by atoms with Crippen molar-refractivity contribution in [1.82, 2.24) is 5.32 Å². The minimum atomic E-state index is -0.846. The minimum Gasteiger partial charge on any atom is -0.497 e. The van der Waals surface area contributed by atoms with E-state index in [0.717, 1.165) is 11.3 Å². The second-order valence-corrected chi connectivity index (χ2v) is 4.52. The molecular weight excluding hydrogens is 258 g/mol. The van der Waals surface area contributed by atoms with E-state index in [4.69, 9.17) is 9.84 Å². The molecule has 0 spiro atoms. The van der Waals surface area contributed by atoms with E-state index in [9.17, 15) is 9.59 Å². The third-order valence-corrected chi connectivity index (χ3v) is 3.11. The van der Waals surface area contributed by atoms with E-state index >= 15 is 0 Å². The number of methoxy groups -OCH3 is 1. The summed E-state index contributed by atoms with van der Waals surface area (Å²) in [5.41, 5.74) is 0.934. The van der Waals surface area contributed by atoms with Crippen LogP contribution in [0.25, 0.3) is 0 Å². The van der Waals surface area contributed by atoms with Gasteiger partial charge in [0.1, 0.15) is 5.75 Å². The van der Waals surface area contributed by atoms with E-state index in [-0.39, 0.29) is 18.2 Å². The Morgan fingerprint density at radius 2 is 1.95 bits per heavy atom. The predicted octanol–water partition coefficient (Wildman–Crippen LogP) is 2.17. The van der Waals surface area contributed by atoms with Gasteiger partial charge in [-0.2, -0.15) is 0 Å². The SMILES string of the molecule is CCC(C(=O)NCCCC(=O)O)c1ccc(OC)cc1. The van der Waals surface area contributed by atoms with Crippen LogP contribution in [-0.4, -0.2) is 30.6 Å². The lowest BCUT2D eigenvalue weighted by Crippen LogP contribution is -2.30. The third-order valence-electron chi connectivity index (χ3n) is 3.11. The molecule has 5 nitrogen and oxygen atoms in total. The molecule has 0 aliphatic rings. The Balaban J connectivity index is 2.55. The average molecular weight is 279 g/mol. The third kappa shape index (κ3) is 4.91. The zero-order chi connectivity index (χ0) is 15.0. The van der Waals surface area contributed by atoms with Gasteiger partial charge >= 0.3 is 5.97 Å². The largest absolute Gasteiger partial charge is 0.497 e. The van der Waals surface area contributed by atoms with E-state index in [1.807, 2.05) is 31.2 Å². The Morgan fingerprint density at radius 3 is 2.45 bits per heavy atom. The molecule has 1 aromatic rings. The number of ether oxygens (including phenoxy) is 1. The first kappa shape index (κ1) is 16.0. The monoisotopic (exact) mass is 279 g/mol. The molecule has 1 atom stereocenters. The lowest BCUT2D eigenvalue weighted by molar-refractivity contribution is -0.137. The quantitative estimate of drug-likeness (QED) is 0.715. The molecule has 1 unspecified atom stereocenters. The van der Waals surface area contributed by atoms with E-state index < -0.39 is 5.97 Å². The molecule has 1 amide bonds. The molecule has 0 aliphatic heterocycles. The summed E-state index contributed by atoms with van der Waals surface area (Å²) in [7, 11) is 1.60. The summed E-state index contributed by atoms with van der Waals surface area (Å²) < 4.78 is 5.09. The molecular formula is C15H21NO4. The van der Waals surface area contributed by atoms with Crippen LogP contribution in [0, 0.1) is 0 Å². The van der Waals surface area contributed by atoms with Gasteiger partial charge in [-0.15, -0.1) is 0 Å². The van der Waals surface area contributed by atoms with E-state index in [1.54, 1.807) is 7.11 Å². The predicted molar refractivity (Wildman–Crippen MR) is 75.9 cm³/mol. The van der Waals surface area contributed by atoms with E-state index in [1.165, 1.54) is 0 Å². The highest BCUT2D eigenvalue weighted by Gasteiger charge is 2.18. The maximum absolute atomic E-state index is 12.1. The molecule has 2 N–H and O–H groups in total. The lowest BCUT2D eigenvalue weighted by atomic mass is 9.95. The topological polar surface area (TPSA) is 75.6 Å². The first-order valence-electron chi connectivity index (χ1n) is 6.72. The number of rotatable bonds is 8. The summed E-state index contributed by atoms with van der Waals surface area (Å²) in [5.74, 6) is -0.374. The maximum atomic E-state index is 12.1. The van der Waals surface area contributed by atoms with Crippen LogP contribution in [0.3, 0.4) is 0 Å². The van der Waals surface area contributed by atoms with Gasteiger partial charge in [0.25, 0.3) is 0 Å². The summed E-state index contributed by atoms with van der Waals surface area (Å²) in [6.07, 6.45) is 1.21. The number of carboxylic acid groups (broad SMARTS) is 1. The highest BCUT2D eigenvalue weighted by atomic mass is 16.5. The van der Waals surface area contributed by atoms with Gasteiger partial charge < -0.3 is 15.2 Å². The van der Waals surface area contributed by atoms with Crippen molar-refractivity contribution in [3.8, 4) is 5.75 Å². The summed E-state index contributed by atoms with van der Waals surface area (Å²) in [6.45, 7) is 2.34. The van der Waals surface area contributed by atoms with Crippen molar-refractivity contribution in [2.24, 2.45) is 0 Å². The van der Waals surface area contributed by atoms with Crippen LogP contribution in [0.15, 0.2) is 24.3 Å².